The molecule has 0 aromatic rings. The maximum absolute atomic E-state index is 11.1. The number of carboxylic acids is 1. The second kappa shape index (κ2) is 5.60. The molecule has 2 fully saturated rings. The Hall–Kier alpha value is -0.570. The number of carboxylic acid groups (broad SMARTS) is 1. The van der Waals surface area contributed by atoms with Gasteiger partial charge in [-0.15, -0.1) is 0 Å². The molecular formula is C15H26O3. The maximum atomic E-state index is 11.1. The first-order valence-corrected chi connectivity index (χ1v) is 7.52. The van der Waals surface area contributed by atoms with E-state index in [1.165, 1.54) is 25.7 Å². The van der Waals surface area contributed by atoms with E-state index in [4.69, 9.17) is 9.84 Å². The predicted octanol–water partition coefficient (Wildman–Crippen LogP) is 3.62. The molecule has 0 radical (unpaired) electrons. The Morgan fingerprint density at radius 1 is 1.44 bits per heavy atom. The van der Waals surface area contributed by atoms with Crippen LogP contribution in [0.2, 0.25) is 0 Å². The van der Waals surface area contributed by atoms with Crippen LogP contribution in [-0.4, -0.2) is 22.8 Å². The molecule has 2 aliphatic rings. The van der Waals surface area contributed by atoms with Gasteiger partial charge in [0, 0.05) is 0 Å². The van der Waals surface area contributed by atoms with Crippen LogP contribution in [0.1, 0.15) is 65.2 Å². The summed E-state index contributed by atoms with van der Waals surface area (Å²) in [5, 5.41) is 9.17. The van der Waals surface area contributed by atoms with Crippen molar-refractivity contribution in [2.45, 2.75) is 76.9 Å². The van der Waals surface area contributed by atoms with Gasteiger partial charge in [-0.25, -0.2) is 0 Å². The smallest absolute Gasteiger partial charge is 0.306 e. The third kappa shape index (κ3) is 2.87. The van der Waals surface area contributed by atoms with Crippen molar-refractivity contribution in [2.24, 2.45) is 11.8 Å². The van der Waals surface area contributed by atoms with E-state index in [0.29, 0.717) is 12.0 Å². The standard InChI is InChI=1S/C15H26O3/c1-3-5-6-11(4-2)9-15-10-12(14(16)17)7-8-13(15)18-15/h11-13H,3-10H2,1-2H3,(H,16,17). The molecule has 1 saturated carbocycles. The lowest BCUT2D eigenvalue weighted by Gasteiger charge is -2.26. The minimum Gasteiger partial charge on any atom is -0.481 e. The van der Waals surface area contributed by atoms with Crippen molar-refractivity contribution in [2.75, 3.05) is 0 Å². The lowest BCUT2D eigenvalue weighted by Crippen LogP contribution is -2.31. The molecule has 1 aliphatic carbocycles. The van der Waals surface area contributed by atoms with Gasteiger partial charge in [-0.05, 0) is 31.6 Å². The molecule has 4 unspecified atom stereocenters. The first kappa shape index (κ1) is 13.9. The normalized spacial score (nSPS) is 35.9. The van der Waals surface area contributed by atoms with Crippen LogP contribution in [0.5, 0.6) is 0 Å². The topological polar surface area (TPSA) is 49.8 Å². The quantitative estimate of drug-likeness (QED) is 0.706. The molecule has 104 valence electrons. The van der Waals surface area contributed by atoms with Crippen LogP contribution < -0.4 is 0 Å². The zero-order valence-corrected chi connectivity index (χ0v) is 11.7. The van der Waals surface area contributed by atoms with Crippen molar-refractivity contribution in [3.63, 3.8) is 0 Å². The minimum atomic E-state index is -0.634. The Morgan fingerprint density at radius 2 is 2.22 bits per heavy atom. The van der Waals surface area contributed by atoms with Gasteiger partial charge in [0.15, 0.2) is 0 Å². The first-order valence-electron chi connectivity index (χ1n) is 7.52. The summed E-state index contributed by atoms with van der Waals surface area (Å²) in [7, 11) is 0. The Labute approximate surface area is 110 Å². The van der Waals surface area contributed by atoms with E-state index < -0.39 is 5.97 Å². The highest BCUT2D eigenvalue weighted by atomic mass is 16.6. The Morgan fingerprint density at radius 3 is 2.83 bits per heavy atom. The van der Waals surface area contributed by atoms with Gasteiger partial charge in [0.1, 0.15) is 0 Å². The lowest BCUT2D eigenvalue weighted by molar-refractivity contribution is -0.143. The van der Waals surface area contributed by atoms with Gasteiger partial charge < -0.3 is 9.84 Å². The number of hydrogen-bond donors (Lipinski definition) is 1. The molecule has 4 atom stereocenters. The fraction of sp³-hybridized carbons (Fsp3) is 0.933. The monoisotopic (exact) mass is 254 g/mol. The van der Waals surface area contributed by atoms with E-state index in [-0.39, 0.29) is 11.5 Å². The van der Waals surface area contributed by atoms with Gasteiger partial charge in [-0.1, -0.05) is 39.5 Å². The first-order chi connectivity index (χ1) is 8.61. The summed E-state index contributed by atoms with van der Waals surface area (Å²) < 4.78 is 5.89. The van der Waals surface area contributed by atoms with Crippen LogP contribution in [0.4, 0.5) is 0 Å². The third-order valence-electron chi connectivity index (χ3n) is 4.80. The zero-order chi connectivity index (χ0) is 13.2. The molecule has 0 spiro atoms. The van der Waals surface area contributed by atoms with Crippen LogP contribution >= 0.6 is 0 Å². The summed E-state index contributed by atoms with van der Waals surface area (Å²) in [6, 6.07) is 0. The van der Waals surface area contributed by atoms with E-state index in [0.717, 1.165) is 25.7 Å². The van der Waals surface area contributed by atoms with Crippen molar-refractivity contribution in [3.05, 3.63) is 0 Å². The molecule has 0 amide bonds. The highest BCUT2D eigenvalue weighted by molar-refractivity contribution is 5.70. The molecule has 0 aromatic carbocycles. The van der Waals surface area contributed by atoms with Crippen LogP contribution in [0.3, 0.4) is 0 Å². The van der Waals surface area contributed by atoms with Crippen LogP contribution in [0.25, 0.3) is 0 Å². The van der Waals surface area contributed by atoms with Gasteiger partial charge in [0.05, 0.1) is 17.6 Å². The summed E-state index contributed by atoms with van der Waals surface area (Å²) >= 11 is 0. The van der Waals surface area contributed by atoms with Gasteiger partial charge >= 0.3 is 5.97 Å². The van der Waals surface area contributed by atoms with Gasteiger partial charge in [0.2, 0.25) is 0 Å². The fourth-order valence-electron chi connectivity index (χ4n) is 3.53. The Kier molecular flexibility index (Phi) is 4.31. The van der Waals surface area contributed by atoms with E-state index >= 15 is 0 Å². The highest BCUT2D eigenvalue weighted by Gasteiger charge is 2.60. The number of unbranched alkanes of at least 4 members (excludes halogenated alkanes) is 1. The van der Waals surface area contributed by atoms with Gasteiger partial charge in [0.25, 0.3) is 0 Å². The van der Waals surface area contributed by atoms with Crippen LogP contribution in [0.15, 0.2) is 0 Å². The van der Waals surface area contributed by atoms with Gasteiger partial charge in [-0.3, -0.25) is 4.79 Å². The zero-order valence-electron chi connectivity index (χ0n) is 11.7. The number of rotatable bonds is 7. The molecule has 1 saturated heterocycles. The molecule has 3 nitrogen and oxygen atoms in total. The molecule has 18 heavy (non-hydrogen) atoms. The van der Waals surface area contributed by atoms with Crippen LogP contribution in [-0.2, 0) is 9.53 Å². The second-order valence-corrected chi connectivity index (χ2v) is 6.11. The van der Waals surface area contributed by atoms with Gasteiger partial charge in [-0.2, -0.15) is 0 Å². The van der Waals surface area contributed by atoms with E-state index in [2.05, 4.69) is 13.8 Å². The summed E-state index contributed by atoms with van der Waals surface area (Å²) in [6.45, 7) is 4.47. The minimum absolute atomic E-state index is 0.0598. The van der Waals surface area contributed by atoms with Crippen molar-refractivity contribution in [3.8, 4) is 0 Å². The highest BCUT2D eigenvalue weighted by Crippen LogP contribution is 2.54. The average molecular weight is 254 g/mol. The Balaban J connectivity index is 1.89. The van der Waals surface area contributed by atoms with Crippen molar-refractivity contribution < 1.29 is 14.6 Å². The molecule has 1 aliphatic heterocycles. The second-order valence-electron chi connectivity index (χ2n) is 6.11. The Bertz CT molecular complexity index is 302. The number of epoxide rings is 1. The number of ether oxygens (including phenoxy) is 1. The fourth-order valence-corrected chi connectivity index (χ4v) is 3.53. The van der Waals surface area contributed by atoms with E-state index in [1.54, 1.807) is 0 Å². The molecule has 1 heterocycles. The summed E-state index contributed by atoms with van der Waals surface area (Å²) in [4.78, 5) is 11.1. The SMILES string of the molecule is CCCCC(CC)CC12CC(C(=O)O)CCC1O2. The summed E-state index contributed by atoms with van der Waals surface area (Å²) in [5.74, 6) is -0.0974. The molecule has 0 bridgehead atoms. The third-order valence-corrected chi connectivity index (χ3v) is 4.80. The van der Waals surface area contributed by atoms with Crippen molar-refractivity contribution in [1.29, 1.82) is 0 Å². The molecule has 3 heteroatoms. The van der Waals surface area contributed by atoms with Crippen molar-refractivity contribution in [1.82, 2.24) is 0 Å². The predicted molar refractivity (Wildman–Crippen MR) is 70.5 cm³/mol. The lowest BCUT2D eigenvalue weighted by atomic mass is 9.76. The van der Waals surface area contributed by atoms with E-state index in [9.17, 15) is 4.79 Å². The van der Waals surface area contributed by atoms with Crippen molar-refractivity contribution >= 4 is 5.97 Å². The molecular weight excluding hydrogens is 228 g/mol. The molecule has 2 rings (SSSR count). The average Bonchev–Trinajstić information content (AvgIpc) is 3.07. The van der Waals surface area contributed by atoms with Crippen LogP contribution in [0, 0.1) is 11.8 Å². The molecule has 0 aromatic heterocycles. The number of carbonyl (C=O) groups is 1. The van der Waals surface area contributed by atoms with E-state index in [1.807, 2.05) is 0 Å². The number of hydrogen-bond acceptors (Lipinski definition) is 2. The molecule has 1 N–H and O–H groups in total. The summed E-state index contributed by atoms with van der Waals surface area (Å²) in [6.07, 6.45) is 8.91. The number of aliphatic carboxylic acids is 1. The maximum Gasteiger partial charge on any atom is 0.306 e. The summed E-state index contributed by atoms with van der Waals surface area (Å²) in [5.41, 5.74) is -0.0598. The largest absolute Gasteiger partial charge is 0.481 e. The number of fused-ring (bicyclic) bond motifs is 1.